The molecule has 4 aliphatic heterocycles. The standard InChI is InChI=1S/C58H70FN5O16/c1-25-13-12-14-26(2)56(73)61-43-36(22-60-62-31(7)33-17-19-63(23-33)45-38(59)21-35-44(54(45)77-11)64(34-15-16-34)24-37(49(35)69)57(74)75)50(70)40-41(51(43)71)48(68)30(6)53-42(40)55(72)58(9,80-53)78-20-18-39(76-10)27(3)52(79-32(8)65)29(5)47(67)28(4)46(25)66/h12-14,18,20-22,24-25,27-29,31,33-34,39,46-47,52,62,66-68,70-71H,15-17,19,23H2,1-11H3,(H,61,73)(H,74,75)/b13-12+,20-18+,26-14-,60-22+/t25-,27+,28+,29+,31?,33?,39-,46-,47+,52+,58-/m0/s1. The summed E-state index contributed by atoms with van der Waals surface area (Å²) in [6.07, 6.45) is 7.53. The first-order valence-electron chi connectivity index (χ1n) is 26.6. The van der Waals surface area contributed by atoms with Crippen LogP contribution >= 0.6 is 0 Å². The molecule has 5 aliphatic rings. The van der Waals surface area contributed by atoms with Crippen molar-refractivity contribution in [3.05, 3.63) is 86.7 Å². The predicted molar refractivity (Wildman–Crippen MR) is 294 cm³/mol. The van der Waals surface area contributed by atoms with Gasteiger partial charge in [-0.3, -0.25) is 19.2 Å². The quantitative estimate of drug-likeness (QED) is 0.0258. The molecule has 1 aromatic heterocycles. The first-order chi connectivity index (χ1) is 37.8. The molecule has 1 saturated heterocycles. The van der Waals surface area contributed by atoms with E-state index in [1.54, 1.807) is 43.2 Å². The number of aromatic hydroxyl groups is 3. The SMILES string of the molecule is COc1c(N2CCC(C(C)N/N=C/c3c4c(O)c5c(O)c(C)c6c(c5c3O)C(=O)[C@@](C)(O/C=C/[C@H](OC)[C@@H](C)[C@@H](OC(C)=O)[C@H](C)[C@H](O)[C@H](C)[C@@H](O)[C@@H](C)/C=C/C=C(/C)C(=O)N4)O6)C2)c(F)cc2c(=O)c(C(=O)O)cn(C3CC3)c12. The van der Waals surface area contributed by atoms with Crippen LogP contribution in [0.15, 0.2) is 58.3 Å². The van der Waals surface area contributed by atoms with Crippen LogP contribution < -0.4 is 30.5 Å². The van der Waals surface area contributed by atoms with E-state index in [4.69, 9.17) is 23.7 Å². The number of phenols is 3. The number of fused-ring (bicyclic) bond motifs is 15. The minimum absolute atomic E-state index is 0.0187. The van der Waals surface area contributed by atoms with Crippen LogP contribution in [0, 0.1) is 42.3 Å². The number of rotatable bonds is 10. The number of Topliss-reactive ketones (excluding diaryl/α,β-unsaturated/α-hetero) is 1. The van der Waals surface area contributed by atoms with E-state index in [-0.39, 0.29) is 68.7 Å². The molecule has 80 heavy (non-hydrogen) atoms. The zero-order chi connectivity index (χ0) is 58.6. The van der Waals surface area contributed by atoms with Crippen molar-refractivity contribution in [1.29, 1.82) is 0 Å². The summed E-state index contributed by atoms with van der Waals surface area (Å²) < 4.78 is 47.5. The number of aromatic carboxylic acids is 1. The van der Waals surface area contributed by atoms with Crippen molar-refractivity contribution in [1.82, 2.24) is 9.99 Å². The van der Waals surface area contributed by atoms with Gasteiger partial charge in [0.1, 0.15) is 34.6 Å². The van der Waals surface area contributed by atoms with Crippen LogP contribution in [0.3, 0.4) is 0 Å². The molecule has 5 bridgehead atoms. The molecule has 4 aromatic rings. The molecule has 21 nitrogen and oxygen atoms in total. The number of halogens is 1. The molecule has 0 radical (unpaired) electrons. The number of pyridine rings is 1. The Morgan fingerprint density at radius 2 is 1.68 bits per heavy atom. The number of hydrazone groups is 1. The highest BCUT2D eigenvalue weighted by Gasteiger charge is 2.50. The van der Waals surface area contributed by atoms with E-state index in [9.17, 15) is 54.6 Å². The number of hydrogen-bond donors (Lipinski definition) is 8. The summed E-state index contributed by atoms with van der Waals surface area (Å²) in [5, 5.41) is 75.5. The lowest BCUT2D eigenvalue weighted by atomic mass is 9.78. The number of nitrogens with zero attached hydrogens (tertiary/aromatic N) is 3. The monoisotopic (exact) mass is 1110 g/mol. The summed E-state index contributed by atoms with van der Waals surface area (Å²) in [5.41, 5.74) is 1.24. The Kier molecular flexibility index (Phi) is 16.7. The zero-order valence-corrected chi connectivity index (χ0v) is 46.5. The van der Waals surface area contributed by atoms with Gasteiger partial charge in [-0.15, -0.1) is 0 Å². The van der Waals surface area contributed by atoms with Gasteiger partial charge in [0, 0.05) is 92.5 Å². The Bertz CT molecular complexity index is 3350. The second-order valence-corrected chi connectivity index (χ2v) is 21.7. The largest absolute Gasteiger partial charge is 0.507 e. The Morgan fingerprint density at radius 3 is 2.31 bits per heavy atom. The Hall–Kier alpha value is -7.69. The molecule has 9 rings (SSSR count). The highest BCUT2D eigenvalue weighted by atomic mass is 19.1. The van der Waals surface area contributed by atoms with Gasteiger partial charge in [-0.05, 0) is 58.1 Å². The summed E-state index contributed by atoms with van der Waals surface area (Å²) >= 11 is 0. The van der Waals surface area contributed by atoms with E-state index in [0.29, 0.717) is 18.5 Å². The van der Waals surface area contributed by atoms with Crippen molar-refractivity contribution in [3.8, 4) is 28.7 Å². The van der Waals surface area contributed by atoms with E-state index in [1.165, 1.54) is 66.3 Å². The maximum atomic E-state index is 16.3. The Labute approximate surface area is 460 Å². The predicted octanol–water partition coefficient (Wildman–Crippen LogP) is 7.09. The van der Waals surface area contributed by atoms with Crippen molar-refractivity contribution in [2.45, 2.75) is 124 Å². The van der Waals surface area contributed by atoms with Gasteiger partial charge in [-0.2, -0.15) is 5.10 Å². The Balaban J connectivity index is 1.17. The Morgan fingerprint density at radius 1 is 0.975 bits per heavy atom. The number of carboxylic acids is 1. The molecule has 2 unspecified atom stereocenters. The molecule has 5 heterocycles. The molecule has 1 amide bonds. The number of benzene rings is 3. The van der Waals surface area contributed by atoms with E-state index >= 15 is 4.39 Å². The smallest absolute Gasteiger partial charge is 0.341 e. The minimum Gasteiger partial charge on any atom is -0.507 e. The fourth-order valence-corrected chi connectivity index (χ4v) is 11.3. The molecule has 22 heteroatoms. The van der Waals surface area contributed by atoms with Crippen molar-refractivity contribution in [2.24, 2.45) is 34.7 Å². The van der Waals surface area contributed by atoms with Gasteiger partial charge in [-0.1, -0.05) is 45.9 Å². The number of aliphatic hydroxyl groups is 2. The third-order valence-corrected chi connectivity index (χ3v) is 16.3. The number of aliphatic hydroxyl groups excluding tert-OH is 2. The third kappa shape index (κ3) is 10.6. The average molecular weight is 1110 g/mol. The van der Waals surface area contributed by atoms with E-state index in [1.807, 2.05) is 6.92 Å². The normalized spacial score (nSPS) is 28.6. The number of carboxylic acid groups (broad SMARTS) is 1. The zero-order valence-electron chi connectivity index (χ0n) is 46.5. The minimum atomic E-state index is -2.15. The number of esters is 1. The lowest BCUT2D eigenvalue weighted by molar-refractivity contribution is -0.160. The maximum Gasteiger partial charge on any atom is 0.341 e. The number of carbonyl (C=O) groups excluding carboxylic acids is 3. The van der Waals surface area contributed by atoms with Crippen LogP contribution in [0.1, 0.15) is 113 Å². The van der Waals surface area contributed by atoms with Crippen molar-refractivity contribution in [3.63, 3.8) is 0 Å². The topological polar surface area (TPSA) is 297 Å². The number of methoxy groups -OCH3 is 2. The van der Waals surface area contributed by atoms with Gasteiger partial charge < -0.3 is 74.5 Å². The third-order valence-electron chi connectivity index (χ3n) is 16.3. The van der Waals surface area contributed by atoms with Crippen LogP contribution in [-0.4, -0.2) is 129 Å². The molecule has 1 aliphatic carbocycles. The number of phenolic OH excluding ortho intramolecular Hbond substituents is 3. The van der Waals surface area contributed by atoms with E-state index in [0.717, 1.165) is 31.4 Å². The van der Waals surface area contributed by atoms with Gasteiger partial charge in [0.2, 0.25) is 5.43 Å². The maximum absolute atomic E-state index is 16.3. The number of allylic oxidation sites excluding steroid dienone is 2. The number of carbonyl (C=O) groups is 4. The van der Waals surface area contributed by atoms with Crippen LogP contribution in [0.4, 0.5) is 15.8 Å². The number of amides is 1. The summed E-state index contributed by atoms with van der Waals surface area (Å²) in [7, 11) is 2.77. The highest BCUT2D eigenvalue weighted by Crippen LogP contribution is 2.55. The van der Waals surface area contributed by atoms with E-state index in [2.05, 4.69) is 15.8 Å². The second-order valence-electron chi connectivity index (χ2n) is 21.7. The molecule has 3 aromatic carbocycles. The van der Waals surface area contributed by atoms with Gasteiger partial charge >= 0.3 is 17.7 Å². The van der Waals surface area contributed by atoms with Crippen molar-refractivity contribution < 1.29 is 77.9 Å². The second kappa shape index (κ2) is 22.8. The number of hydrogen-bond acceptors (Lipinski definition) is 18. The van der Waals surface area contributed by atoms with Crippen LogP contribution in [0.2, 0.25) is 0 Å². The van der Waals surface area contributed by atoms with Gasteiger partial charge in [0.25, 0.3) is 11.7 Å². The summed E-state index contributed by atoms with van der Waals surface area (Å²) in [5.74, 6) is -11.6. The molecule has 0 spiro atoms. The molecule has 11 atom stereocenters. The molecular weight excluding hydrogens is 1040 g/mol. The molecular formula is C58H70FN5O16. The number of ether oxygens (including phenoxy) is 5. The highest BCUT2D eigenvalue weighted by molar-refractivity contribution is 6.24. The molecule has 8 N–H and O–H groups in total. The molecule has 430 valence electrons. The first-order valence-corrected chi connectivity index (χ1v) is 26.6. The molecule has 1 saturated carbocycles. The number of ketones is 1. The van der Waals surface area contributed by atoms with E-state index < -0.39 is 129 Å². The fourth-order valence-electron chi connectivity index (χ4n) is 11.3. The average Bonchev–Trinajstić information content (AvgIpc) is 4.19. The number of anilines is 2. The molecule has 2 fully saturated rings. The number of aromatic nitrogens is 1. The van der Waals surface area contributed by atoms with Crippen molar-refractivity contribution in [2.75, 3.05) is 37.5 Å². The van der Waals surface area contributed by atoms with Crippen molar-refractivity contribution >= 4 is 62.9 Å². The van der Waals surface area contributed by atoms with Crippen LogP contribution in [0.25, 0.3) is 21.7 Å². The number of nitrogens with one attached hydrogen (secondary N) is 2. The summed E-state index contributed by atoms with van der Waals surface area (Å²) in [6.45, 7) is 14.7. The van der Waals surface area contributed by atoms with Gasteiger partial charge in [-0.25, -0.2) is 9.18 Å². The first kappa shape index (κ1) is 58.5. The summed E-state index contributed by atoms with van der Waals surface area (Å²) in [4.78, 5) is 68.4. The van der Waals surface area contributed by atoms with Gasteiger partial charge in [0.15, 0.2) is 17.3 Å². The lowest BCUT2D eigenvalue weighted by Gasteiger charge is -2.38. The summed E-state index contributed by atoms with van der Waals surface area (Å²) in [6, 6.07) is 0.498. The fraction of sp³-hybridized carbons (Fsp3) is 0.483. The van der Waals surface area contributed by atoms with Crippen LogP contribution in [-0.2, 0) is 23.8 Å². The van der Waals surface area contributed by atoms with Gasteiger partial charge in [0.05, 0.1) is 71.0 Å². The lowest BCUT2D eigenvalue weighted by Crippen LogP contribution is -2.46. The van der Waals surface area contributed by atoms with Crippen LogP contribution in [0.5, 0.6) is 28.7 Å².